The number of carbonyl (C=O) groups excluding carboxylic acids is 1. The molecule has 4 heteroatoms. The number of rotatable bonds is 8. The van der Waals surface area contributed by atoms with Crippen molar-refractivity contribution < 1.29 is 14.3 Å². The van der Waals surface area contributed by atoms with Gasteiger partial charge in [0.1, 0.15) is 5.75 Å². The Morgan fingerprint density at radius 3 is 2.20 bits per heavy atom. The molecule has 0 amide bonds. The first-order valence-corrected chi connectivity index (χ1v) is 7.75. The van der Waals surface area contributed by atoms with E-state index < -0.39 is 0 Å². The van der Waals surface area contributed by atoms with Gasteiger partial charge in [-0.3, -0.25) is 0 Å². The summed E-state index contributed by atoms with van der Waals surface area (Å²) in [6.07, 6.45) is 2.07. The van der Waals surface area contributed by atoms with Gasteiger partial charge in [0.05, 0.1) is 18.8 Å². The van der Waals surface area contributed by atoms with Crippen LogP contribution in [0.15, 0.2) is 24.3 Å². The van der Waals surface area contributed by atoms with Gasteiger partial charge in [0, 0.05) is 5.41 Å². The Kier molecular flexibility index (Phi) is 6.93. The van der Waals surface area contributed by atoms with Crippen molar-refractivity contribution in [1.29, 1.82) is 0 Å². The van der Waals surface area contributed by atoms with Crippen molar-refractivity contribution >= 4 is 18.6 Å². The first-order chi connectivity index (χ1) is 9.60. The molecule has 0 aliphatic rings. The normalized spacial score (nSPS) is 11.2. The third-order valence-corrected chi connectivity index (χ3v) is 4.42. The third kappa shape index (κ3) is 4.44. The topological polar surface area (TPSA) is 35.5 Å². The zero-order chi connectivity index (χ0) is 15.0. The Labute approximate surface area is 127 Å². The van der Waals surface area contributed by atoms with E-state index in [-0.39, 0.29) is 11.4 Å². The molecule has 1 aromatic rings. The number of esters is 1. The van der Waals surface area contributed by atoms with Crippen LogP contribution in [0.4, 0.5) is 0 Å². The lowest BCUT2D eigenvalue weighted by atomic mass is 9.85. The highest BCUT2D eigenvalue weighted by atomic mass is 32.1. The van der Waals surface area contributed by atoms with Gasteiger partial charge in [0.25, 0.3) is 0 Å². The summed E-state index contributed by atoms with van der Waals surface area (Å²) in [4.78, 5) is 11.5. The lowest BCUT2D eigenvalue weighted by Crippen LogP contribution is -2.29. The predicted molar refractivity (Wildman–Crippen MR) is 84.8 cm³/mol. The van der Waals surface area contributed by atoms with Crippen LogP contribution in [0.3, 0.4) is 0 Å². The van der Waals surface area contributed by atoms with Crippen molar-refractivity contribution in [3.63, 3.8) is 0 Å². The van der Waals surface area contributed by atoms with Crippen LogP contribution in [-0.4, -0.2) is 24.9 Å². The standard InChI is InChI=1S/C16H24O3S/c1-4-16(5-2,12-20)11-19-14-9-7-13(8-10-14)15(17)18-6-3/h7-10,20H,4-6,11-12H2,1-3H3. The van der Waals surface area contributed by atoms with Gasteiger partial charge in [-0.25, -0.2) is 4.79 Å². The van der Waals surface area contributed by atoms with Crippen molar-refractivity contribution in [2.75, 3.05) is 19.0 Å². The fraction of sp³-hybridized carbons (Fsp3) is 0.562. The van der Waals surface area contributed by atoms with Crippen molar-refractivity contribution in [1.82, 2.24) is 0 Å². The summed E-state index contributed by atoms with van der Waals surface area (Å²) in [6.45, 7) is 7.14. The van der Waals surface area contributed by atoms with Crippen LogP contribution >= 0.6 is 12.6 Å². The van der Waals surface area contributed by atoms with Crippen molar-refractivity contribution in [2.45, 2.75) is 33.6 Å². The average Bonchev–Trinajstić information content (AvgIpc) is 2.50. The zero-order valence-electron chi connectivity index (χ0n) is 12.5. The van der Waals surface area contributed by atoms with E-state index >= 15 is 0 Å². The molecule has 0 N–H and O–H groups in total. The highest BCUT2D eigenvalue weighted by Gasteiger charge is 2.25. The molecule has 0 unspecified atom stereocenters. The van der Waals surface area contributed by atoms with Crippen LogP contribution in [0.25, 0.3) is 0 Å². The summed E-state index contributed by atoms with van der Waals surface area (Å²) in [5.74, 6) is 1.28. The Hall–Kier alpha value is -1.16. The van der Waals surface area contributed by atoms with Gasteiger partial charge in [0.2, 0.25) is 0 Å². The Balaban J connectivity index is 2.64. The molecule has 1 aromatic carbocycles. The highest BCUT2D eigenvalue weighted by molar-refractivity contribution is 7.80. The first-order valence-electron chi connectivity index (χ1n) is 7.11. The maximum absolute atomic E-state index is 11.5. The monoisotopic (exact) mass is 296 g/mol. The average molecular weight is 296 g/mol. The fourth-order valence-electron chi connectivity index (χ4n) is 1.86. The van der Waals surface area contributed by atoms with Crippen LogP contribution in [0, 0.1) is 5.41 Å². The Bertz CT molecular complexity index is 402. The molecule has 0 aliphatic carbocycles. The highest BCUT2D eigenvalue weighted by Crippen LogP contribution is 2.29. The van der Waals surface area contributed by atoms with E-state index in [4.69, 9.17) is 9.47 Å². The molecule has 0 aromatic heterocycles. The van der Waals surface area contributed by atoms with Gasteiger partial charge in [0.15, 0.2) is 0 Å². The van der Waals surface area contributed by atoms with Crippen LogP contribution in [0.1, 0.15) is 44.0 Å². The minimum absolute atomic E-state index is 0.114. The van der Waals surface area contributed by atoms with Gasteiger partial charge in [-0.05, 0) is 49.8 Å². The summed E-state index contributed by atoms with van der Waals surface area (Å²) in [5.41, 5.74) is 0.661. The van der Waals surface area contributed by atoms with Gasteiger partial charge in [-0.1, -0.05) is 13.8 Å². The largest absolute Gasteiger partial charge is 0.493 e. The number of carbonyl (C=O) groups is 1. The number of hydrogen-bond donors (Lipinski definition) is 1. The molecule has 0 heterocycles. The molecule has 0 saturated carbocycles. The molecule has 0 radical (unpaired) electrons. The second-order valence-corrected chi connectivity index (χ2v) is 5.21. The molecule has 112 valence electrons. The van der Waals surface area contributed by atoms with Crippen molar-refractivity contribution in [3.05, 3.63) is 29.8 Å². The molecule has 0 fully saturated rings. The molecule has 0 atom stereocenters. The first kappa shape index (κ1) is 16.9. The van der Waals surface area contributed by atoms with E-state index in [0.29, 0.717) is 18.8 Å². The number of benzene rings is 1. The van der Waals surface area contributed by atoms with Gasteiger partial charge in [-0.2, -0.15) is 12.6 Å². The Morgan fingerprint density at radius 1 is 1.15 bits per heavy atom. The van der Waals surface area contributed by atoms with Crippen LogP contribution < -0.4 is 4.74 Å². The lowest BCUT2D eigenvalue weighted by molar-refractivity contribution is 0.0526. The van der Waals surface area contributed by atoms with Crippen LogP contribution in [0.5, 0.6) is 5.75 Å². The molecule has 0 bridgehead atoms. The summed E-state index contributed by atoms with van der Waals surface area (Å²) >= 11 is 4.43. The number of hydrogen-bond acceptors (Lipinski definition) is 4. The Morgan fingerprint density at radius 2 is 1.75 bits per heavy atom. The second kappa shape index (κ2) is 8.20. The van der Waals surface area contributed by atoms with Crippen LogP contribution in [-0.2, 0) is 4.74 Å². The predicted octanol–water partition coefficient (Wildman–Crippen LogP) is 3.98. The quantitative estimate of drug-likeness (QED) is 0.582. The molecular weight excluding hydrogens is 272 g/mol. The molecule has 0 aliphatic heterocycles. The lowest BCUT2D eigenvalue weighted by Gasteiger charge is -2.29. The maximum atomic E-state index is 11.5. The summed E-state index contributed by atoms with van der Waals surface area (Å²) in [5, 5.41) is 0. The minimum Gasteiger partial charge on any atom is -0.493 e. The van der Waals surface area contributed by atoms with E-state index in [9.17, 15) is 4.79 Å². The van der Waals surface area contributed by atoms with Crippen molar-refractivity contribution in [3.8, 4) is 5.75 Å². The third-order valence-electron chi connectivity index (χ3n) is 3.75. The molecular formula is C16H24O3S. The molecule has 1 rings (SSSR count). The SMILES string of the molecule is CCOC(=O)c1ccc(OCC(CC)(CC)CS)cc1. The smallest absolute Gasteiger partial charge is 0.338 e. The van der Waals surface area contributed by atoms with E-state index in [2.05, 4.69) is 26.5 Å². The van der Waals surface area contributed by atoms with E-state index in [1.165, 1.54) is 0 Å². The maximum Gasteiger partial charge on any atom is 0.338 e. The number of ether oxygens (including phenoxy) is 2. The zero-order valence-corrected chi connectivity index (χ0v) is 13.4. The molecule has 20 heavy (non-hydrogen) atoms. The van der Waals surface area contributed by atoms with Gasteiger partial charge >= 0.3 is 5.97 Å². The summed E-state index contributed by atoms with van der Waals surface area (Å²) in [6, 6.07) is 7.07. The summed E-state index contributed by atoms with van der Waals surface area (Å²) in [7, 11) is 0. The van der Waals surface area contributed by atoms with E-state index in [0.717, 1.165) is 24.3 Å². The van der Waals surface area contributed by atoms with E-state index in [1.807, 2.05) is 0 Å². The van der Waals surface area contributed by atoms with Crippen LogP contribution in [0.2, 0.25) is 0 Å². The van der Waals surface area contributed by atoms with Gasteiger partial charge in [-0.15, -0.1) is 0 Å². The fourth-order valence-corrected chi connectivity index (χ4v) is 2.40. The number of thiol groups is 1. The summed E-state index contributed by atoms with van der Waals surface area (Å²) < 4.78 is 10.8. The van der Waals surface area contributed by atoms with E-state index in [1.54, 1.807) is 31.2 Å². The molecule has 0 saturated heterocycles. The van der Waals surface area contributed by atoms with Gasteiger partial charge < -0.3 is 9.47 Å². The molecule has 0 spiro atoms. The van der Waals surface area contributed by atoms with Crippen molar-refractivity contribution in [2.24, 2.45) is 5.41 Å². The second-order valence-electron chi connectivity index (χ2n) is 4.90. The molecule has 3 nitrogen and oxygen atoms in total. The minimum atomic E-state index is -0.300.